The Balaban J connectivity index is 1.68. The van der Waals surface area contributed by atoms with E-state index in [1.165, 1.54) is 4.90 Å². The van der Waals surface area contributed by atoms with Gasteiger partial charge in [-0.25, -0.2) is 0 Å². The van der Waals surface area contributed by atoms with Gasteiger partial charge in [-0.15, -0.1) is 0 Å². The average Bonchev–Trinajstić information content (AvgIpc) is 3.26. The van der Waals surface area contributed by atoms with E-state index in [4.69, 9.17) is 0 Å². The molecule has 0 spiro atoms. The number of nitrogens with zero attached hydrogens (tertiary/aromatic N) is 3. The minimum atomic E-state index is -0.321. The molecule has 2 heterocycles. The quantitative estimate of drug-likeness (QED) is 0.500. The number of carbonyl (C=O) groups excluding carboxylic acids is 2. The number of carbonyl (C=O) groups is 2. The molecule has 1 aliphatic heterocycles. The van der Waals surface area contributed by atoms with Crippen LogP contribution in [-0.2, 0) is 11.3 Å². The smallest absolute Gasteiger partial charge is 0.293 e. The van der Waals surface area contributed by atoms with E-state index in [1.807, 2.05) is 24.3 Å². The molecule has 3 aromatic rings. The lowest BCUT2D eigenvalue weighted by molar-refractivity contribution is -0.123. The number of hydrogen-bond acceptors (Lipinski definition) is 4. The highest BCUT2D eigenvalue weighted by Crippen LogP contribution is 2.36. The molecule has 6 heteroatoms. The van der Waals surface area contributed by atoms with Gasteiger partial charge in [-0.05, 0) is 48.9 Å². The second-order valence-corrected chi connectivity index (χ2v) is 8.30. The van der Waals surface area contributed by atoms with Gasteiger partial charge < -0.3 is 4.57 Å². The molecular weight excluding hydrogens is 394 g/mol. The maximum absolute atomic E-state index is 13.0. The summed E-state index contributed by atoms with van der Waals surface area (Å²) in [4.78, 5) is 27.1. The van der Waals surface area contributed by atoms with Gasteiger partial charge in [0, 0.05) is 28.7 Å². The summed E-state index contributed by atoms with van der Waals surface area (Å²) in [6.45, 7) is 4.40. The van der Waals surface area contributed by atoms with Crippen molar-refractivity contribution in [1.29, 1.82) is 5.26 Å². The number of benzene rings is 2. The van der Waals surface area contributed by atoms with Crippen molar-refractivity contribution in [2.24, 2.45) is 0 Å². The van der Waals surface area contributed by atoms with Crippen LogP contribution >= 0.6 is 11.8 Å². The van der Waals surface area contributed by atoms with Crippen LogP contribution < -0.4 is 0 Å². The van der Waals surface area contributed by atoms with E-state index in [2.05, 4.69) is 36.7 Å². The molecule has 1 aromatic heterocycles. The van der Waals surface area contributed by atoms with Crippen molar-refractivity contribution in [3.63, 3.8) is 0 Å². The molecule has 2 amide bonds. The molecule has 5 nitrogen and oxygen atoms in total. The van der Waals surface area contributed by atoms with Crippen molar-refractivity contribution in [3.8, 4) is 6.07 Å². The van der Waals surface area contributed by atoms with Crippen LogP contribution in [0.4, 0.5) is 4.79 Å². The molecule has 1 atom stereocenters. The maximum atomic E-state index is 13.0. The SMILES string of the molecule is CC[C@H](C)n1cc(/C=C2/SC(=O)N(Cc3ccccc3C#N)C2=O)c2ccccc21. The van der Waals surface area contributed by atoms with Gasteiger partial charge in [0.2, 0.25) is 0 Å². The van der Waals surface area contributed by atoms with Crippen LogP contribution in [0.3, 0.4) is 0 Å². The predicted molar refractivity (Wildman–Crippen MR) is 120 cm³/mol. The molecule has 150 valence electrons. The van der Waals surface area contributed by atoms with Gasteiger partial charge in [0.25, 0.3) is 11.1 Å². The van der Waals surface area contributed by atoms with E-state index in [0.717, 1.165) is 34.6 Å². The molecule has 2 aromatic carbocycles. The van der Waals surface area contributed by atoms with E-state index in [0.29, 0.717) is 22.1 Å². The molecule has 0 unspecified atom stereocenters. The van der Waals surface area contributed by atoms with Crippen LogP contribution in [-0.4, -0.2) is 20.6 Å². The van der Waals surface area contributed by atoms with E-state index in [1.54, 1.807) is 24.3 Å². The molecule has 0 N–H and O–H groups in total. The Morgan fingerprint density at radius 2 is 1.87 bits per heavy atom. The van der Waals surface area contributed by atoms with Crippen molar-refractivity contribution >= 4 is 39.9 Å². The van der Waals surface area contributed by atoms with Crippen molar-refractivity contribution < 1.29 is 9.59 Å². The van der Waals surface area contributed by atoms with E-state index >= 15 is 0 Å². The highest BCUT2D eigenvalue weighted by atomic mass is 32.2. The van der Waals surface area contributed by atoms with Crippen LogP contribution in [0.5, 0.6) is 0 Å². The second-order valence-electron chi connectivity index (χ2n) is 7.30. The van der Waals surface area contributed by atoms with Gasteiger partial charge in [0.15, 0.2) is 0 Å². The van der Waals surface area contributed by atoms with Crippen molar-refractivity contribution in [2.45, 2.75) is 32.9 Å². The van der Waals surface area contributed by atoms with Gasteiger partial charge in [-0.3, -0.25) is 14.5 Å². The first-order valence-corrected chi connectivity index (χ1v) is 10.7. The summed E-state index contributed by atoms with van der Waals surface area (Å²) in [5.74, 6) is -0.321. The fourth-order valence-corrected chi connectivity index (χ4v) is 4.45. The summed E-state index contributed by atoms with van der Waals surface area (Å²) in [7, 11) is 0. The molecule has 4 rings (SSSR count). The molecular formula is C24H21N3O2S. The van der Waals surface area contributed by atoms with Crippen LogP contribution in [0.2, 0.25) is 0 Å². The van der Waals surface area contributed by atoms with E-state index < -0.39 is 0 Å². The molecule has 1 saturated heterocycles. The first-order chi connectivity index (χ1) is 14.5. The van der Waals surface area contributed by atoms with Gasteiger partial charge in [0.05, 0.1) is 23.1 Å². The minimum Gasteiger partial charge on any atom is -0.344 e. The fraction of sp³-hybridized carbons (Fsp3) is 0.208. The summed E-state index contributed by atoms with van der Waals surface area (Å²) >= 11 is 0.948. The number of hydrogen-bond donors (Lipinski definition) is 0. The largest absolute Gasteiger partial charge is 0.344 e. The average molecular weight is 416 g/mol. The van der Waals surface area contributed by atoms with Crippen LogP contribution in [0.1, 0.15) is 43.0 Å². The summed E-state index contributed by atoms with van der Waals surface area (Å²) < 4.78 is 2.22. The Morgan fingerprint density at radius 1 is 1.13 bits per heavy atom. The maximum Gasteiger partial charge on any atom is 0.293 e. The van der Waals surface area contributed by atoms with Crippen molar-refractivity contribution in [2.75, 3.05) is 0 Å². The molecule has 0 aliphatic carbocycles. The highest BCUT2D eigenvalue weighted by molar-refractivity contribution is 8.18. The number of amides is 2. The Morgan fingerprint density at radius 3 is 2.63 bits per heavy atom. The third-order valence-electron chi connectivity index (χ3n) is 5.46. The third kappa shape index (κ3) is 3.53. The Kier molecular flexibility index (Phi) is 5.47. The van der Waals surface area contributed by atoms with Crippen molar-refractivity contribution in [1.82, 2.24) is 9.47 Å². The van der Waals surface area contributed by atoms with E-state index in [9.17, 15) is 14.9 Å². The van der Waals surface area contributed by atoms with Gasteiger partial charge in [0.1, 0.15) is 0 Å². The number of thioether (sulfide) groups is 1. The van der Waals surface area contributed by atoms with Crippen LogP contribution in [0.15, 0.2) is 59.6 Å². The standard InChI is InChI=1S/C24H21N3O2S/c1-3-16(2)26-15-19(20-10-6-7-11-21(20)26)12-22-23(28)27(24(29)30-22)14-18-9-5-4-8-17(18)13-25/h4-12,15-16H,3,14H2,1-2H3/b22-12+/t16-/m0/s1. The lowest BCUT2D eigenvalue weighted by atomic mass is 10.1. The summed E-state index contributed by atoms with van der Waals surface area (Å²) in [5.41, 5.74) is 3.17. The summed E-state index contributed by atoms with van der Waals surface area (Å²) in [5, 5.41) is 10.0. The summed E-state index contributed by atoms with van der Waals surface area (Å²) in [6, 6.07) is 17.6. The second kappa shape index (κ2) is 8.21. The van der Waals surface area contributed by atoms with Crippen LogP contribution in [0, 0.1) is 11.3 Å². The van der Waals surface area contributed by atoms with Gasteiger partial charge in [-0.2, -0.15) is 5.26 Å². The zero-order valence-electron chi connectivity index (χ0n) is 16.8. The Bertz CT molecular complexity index is 1220. The number of imide groups is 1. The van der Waals surface area contributed by atoms with Crippen molar-refractivity contribution in [3.05, 3.63) is 76.3 Å². The van der Waals surface area contributed by atoms with Gasteiger partial charge in [-0.1, -0.05) is 43.3 Å². The molecule has 1 fully saturated rings. The van der Waals surface area contributed by atoms with E-state index in [-0.39, 0.29) is 17.7 Å². The normalized spacial score (nSPS) is 16.4. The Hall–Kier alpha value is -3.30. The zero-order valence-corrected chi connectivity index (χ0v) is 17.6. The number of aromatic nitrogens is 1. The highest BCUT2D eigenvalue weighted by Gasteiger charge is 2.35. The third-order valence-corrected chi connectivity index (χ3v) is 6.37. The fourth-order valence-electron chi connectivity index (χ4n) is 3.62. The van der Waals surface area contributed by atoms with Gasteiger partial charge >= 0.3 is 0 Å². The predicted octanol–water partition coefficient (Wildman–Crippen LogP) is 5.72. The number of para-hydroxylation sites is 1. The Labute approximate surface area is 179 Å². The minimum absolute atomic E-state index is 0.0976. The monoisotopic (exact) mass is 415 g/mol. The first kappa shape index (κ1) is 20.0. The lowest BCUT2D eigenvalue weighted by Crippen LogP contribution is -2.27. The topological polar surface area (TPSA) is 66.1 Å². The molecule has 0 bridgehead atoms. The number of nitriles is 1. The summed E-state index contributed by atoms with van der Waals surface area (Å²) in [6.07, 6.45) is 4.85. The lowest BCUT2D eigenvalue weighted by Gasteiger charge is -2.13. The first-order valence-electron chi connectivity index (χ1n) is 9.86. The number of rotatable bonds is 5. The zero-order chi connectivity index (χ0) is 21.3. The van der Waals surface area contributed by atoms with Crippen LogP contribution in [0.25, 0.3) is 17.0 Å². The molecule has 30 heavy (non-hydrogen) atoms. The molecule has 0 saturated carbocycles. The molecule has 1 aliphatic rings. The number of fused-ring (bicyclic) bond motifs is 1. The molecule has 0 radical (unpaired) electrons.